The molecule has 0 aliphatic rings. The average Bonchev–Trinajstić information content (AvgIpc) is 2.62. The Morgan fingerprint density at radius 1 is 1.04 bits per heavy atom. The summed E-state index contributed by atoms with van der Waals surface area (Å²) in [5.74, 6) is 5.74. The first-order valence-corrected chi connectivity index (χ1v) is 7.19. The van der Waals surface area contributed by atoms with Gasteiger partial charge in [-0.3, -0.25) is 0 Å². The summed E-state index contributed by atoms with van der Waals surface area (Å²) in [7, 11) is 0. The van der Waals surface area contributed by atoms with Gasteiger partial charge >= 0.3 is 0 Å². The van der Waals surface area contributed by atoms with Gasteiger partial charge in [-0.25, -0.2) is 0 Å². The second kappa shape index (κ2) is 8.62. The van der Waals surface area contributed by atoms with Crippen LogP contribution in [0.2, 0.25) is 0 Å². The van der Waals surface area contributed by atoms with Crippen LogP contribution in [-0.2, 0) is 10.3 Å². The topological polar surface area (TPSA) is 78.2 Å². The smallest absolute Gasteiger partial charge is 0.176 e. The van der Waals surface area contributed by atoms with Crippen LogP contribution in [0.15, 0.2) is 65.8 Å². The van der Waals surface area contributed by atoms with Gasteiger partial charge in [0, 0.05) is 22.6 Å². The van der Waals surface area contributed by atoms with Crippen molar-refractivity contribution in [3.63, 3.8) is 0 Å². The van der Waals surface area contributed by atoms with E-state index in [1.807, 2.05) is 60.7 Å². The molecule has 0 unspecified atom stereocenters. The fourth-order valence-electron chi connectivity index (χ4n) is 2.11. The largest absolute Gasteiger partial charge is 0.369 e. The number of ether oxygens (including phenoxy) is 1. The summed E-state index contributed by atoms with van der Waals surface area (Å²) in [4.78, 5) is 2.64. The molecule has 0 spiro atoms. The predicted octanol–water partition coefficient (Wildman–Crippen LogP) is 3.25. The molecule has 0 amide bonds. The molecule has 5 heteroatoms. The lowest BCUT2D eigenvalue weighted by Gasteiger charge is -2.23. The maximum atomic E-state index is 11.1. The van der Waals surface area contributed by atoms with Crippen LogP contribution in [0.1, 0.15) is 11.1 Å². The minimum Gasteiger partial charge on any atom is -0.369 e. The highest BCUT2D eigenvalue weighted by molar-refractivity contribution is 5.44. The quantitative estimate of drug-likeness (QED) is 0.292. The summed E-state index contributed by atoms with van der Waals surface area (Å²) in [6.45, 7) is 0.719. The maximum Gasteiger partial charge on any atom is 0.176 e. The minimum absolute atomic E-state index is 0.156. The lowest BCUT2D eigenvalue weighted by molar-refractivity contribution is 0.143. The van der Waals surface area contributed by atoms with E-state index in [9.17, 15) is 5.11 Å². The van der Waals surface area contributed by atoms with Crippen molar-refractivity contribution in [2.45, 2.75) is 5.60 Å². The average molecular weight is 307 g/mol. The molecule has 0 aromatic heterocycles. The van der Waals surface area contributed by atoms with Gasteiger partial charge in [0.05, 0.1) is 6.61 Å². The molecule has 23 heavy (non-hydrogen) atoms. The zero-order valence-electron chi connectivity index (χ0n) is 12.6. The van der Waals surface area contributed by atoms with E-state index < -0.39 is 5.60 Å². The van der Waals surface area contributed by atoms with E-state index in [-0.39, 0.29) is 13.2 Å². The molecule has 0 radical (unpaired) electrons. The maximum absolute atomic E-state index is 11.1. The number of rotatable bonds is 6. The van der Waals surface area contributed by atoms with Crippen molar-refractivity contribution in [2.24, 2.45) is 5.11 Å². The van der Waals surface area contributed by atoms with Crippen LogP contribution in [0.3, 0.4) is 0 Å². The molecule has 5 nitrogen and oxygen atoms in total. The van der Waals surface area contributed by atoms with Gasteiger partial charge in [-0.2, -0.15) is 0 Å². The first kappa shape index (κ1) is 16.6. The minimum atomic E-state index is -1.39. The van der Waals surface area contributed by atoms with E-state index >= 15 is 0 Å². The summed E-state index contributed by atoms with van der Waals surface area (Å²) < 4.78 is 5.25. The molecule has 2 rings (SSSR count). The lowest BCUT2D eigenvalue weighted by atomic mass is 9.87. The third-order valence-corrected chi connectivity index (χ3v) is 3.23. The van der Waals surface area contributed by atoms with Gasteiger partial charge in [-0.1, -0.05) is 77.6 Å². The second-order valence-corrected chi connectivity index (χ2v) is 4.75. The van der Waals surface area contributed by atoms with E-state index in [4.69, 9.17) is 10.3 Å². The van der Waals surface area contributed by atoms with Gasteiger partial charge in [0.1, 0.15) is 6.61 Å². The molecule has 0 saturated carbocycles. The fourth-order valence-corrected chi connectivity index (χ4v) is 2.11. The molecule has 0 aliphatic carbocycles. The van der Waals surface area contributed by atoms with Crippen molar-refractivity contribution >= 4 is 0 Å². The predicted molar refractivity (Wildman–Crippen MR) is 88.5 cm³/mol. The van der Waals surface area contributed by atoms with Gasteiger partial charge in [-0.15, -0.1) is 0 Å². The SMILES string of the molecule is [N-]=[N+]=NCCOCC#CC(O)(c1ccccc1)c1ccccc1. The molecular weight excluding hydrogens is 290 g/mol. The highest BCUT2D eigenvalue weighted by Crippen LogP contribution is 2.28. The standard InChI is InChI=1S/C18H17N3O2/c19-21-20-13-15-23-14-7-12-18(22,16-8-3-1-4-9-16)17-10-5-2-6-11-17/h1-6,8-11,22H,13-15H2. The molecule has 116 valence electrons. The van der Waals surface area contributed by atoms with E-state index in [1.54, 1.807) is 0 Å². The van der Waals surface area contributed by atoms with E-state index in [0.717, 1.165) is 0 Å². The van der Waals surface area contributed by atoms with Crippen LogP contribution in [-0.4, -0.2) is 24.9 Å². The molecule has 0 aliphatic heterocycles. The van der Waals surface area contributed by atoms with Crippen molar-refractivity contribution in [2.75, 3.05) is 19.8 Å². The summed E-state index contributed by atoms with van der Waals surface area (Å²) in [6, 6.07) is 18.6. The molecule has 0 bridgehead atoms. The number of nitrogens with zero attached hydrogens (tertiary/aromatic N) is 3. The second-order valence-electron chi connectivity index (χ2n) is 4.75. The number of hydrogen-bond acceptors (Lipinski definition) is 3. The van der Waals surface area contributed by atoms with E-state index in [1.165, 1.54) is 0 Å². The Balaban J connectivity index is 2.18. The molecule has 0 heterocycles. The van der Waals surface area contributed by atoms with Crippen LogP contribution in [0.25, 0.3) is 10.4 Å². The highest BCUT2D eigenvalue weighted by Gasteiger charge is 2.28. The zero-order valence-corrected chi connectivity index (χ0v) is 12.6. The molecule has 1 N–H and O–H groups in total. The van der Waals surface area contributed by atoms with Crippen molar-refractivity contribution in [3.8, 4) is 11.8 Å². The van der Waals surface area contributed by atoms with E-state index in [2.05, 4.69) is 21.9 Å². The van der Waals surface area contributed by atoms with Crippen LogP contribution in [0, 0.1) is 11.8 Å². The Hall–Kier alpha value is -2.77. The number of hydrogen-bond donors (Lipinski definition) is 1. The summed E-state index contributed by atoms with van der Waals surface area (Å²) in [6.07, 6.45) is 0. The first-order chi connectivity index (χ1) is 11.3. The third-order valence-electron chi connectivity index (χ3n) is 3.23. The van der Waals surface area contributed by atoms with Crippen molar-refractivity contribution in [1.29, 1.82) is 0 Å². The molecule has 2 aromatic carbocycles. The van der Waals surface area contributed by atoms with Gasteiger partial charge in [0.25, 0.3) is 0 Å². The Kier molecular flexibility index (Phi) is 6.22. The van der Waals surface area contributed by atoms with Crippen LogP contribution >= 0.6 is 0 Å². The number of azide groups is 1. The van der Waals surface area contributed by atoms with Gasteiger partial charge in [0.15, 0.2) is 5.60 Å². The van der Waals surface area contributed by atoms with E-state index in [0.29, 0.717) is 17.7 Å². The molecule has 0 saturated heterocycles. The zero-order chi connectivity index (χ0) is 16.4. The number of benzene rings is 2. The molecular formula is C18H17N3O2. The molecule has 0 atom stereocenters. The van der Waals surface area contributed by atoms with Gasteiger partial charge < -0.3 is 9.84 Å². The third kappa shape index (κ3) is 4.60. The fraction of sp³-hybridized carbons (Fsp3) is 0.222. The van der Waals surface area contributed by atoms with Crippen LogP contribution in [0.4, 0.5) is 0 Å². The monoisotopic (exact) mass is 307 g/mol. The normalized spacial score (nSPS) is 10.3. The Bertz CT molecular complexity index is 675. The Labute approximate surface area is 135 Å². The van der Waals surface area contributed by atoms with Crippen LogP contribution < -0.4 is 0 Å². The molecule has 2 aromatic rings. The Morgan fingerprint density at radius 3 is 2.13 bits per heavy atom. The van der Waals surface area contributed by atoms with Gasteiger partial charge in [-0.05, 0) is 5.53 Å². The van der Waals surface area contributed by atoms with Crippen LogP contribution in [0.5, 0.6) is 0 Å². The Morgan fingerprint density at radius 2 is 1.61 bits per heavy atom. The number of aliphatic hydroxyl groups is 1. The first-order valence-electron chi connectivity index (χ1n) is 7.19. The van der Waals surface area contributed by atoms with Crippen molar-refractivity contribution in [3.05, 3.63) is 82.2 Å². The lowest BCUT2D eigenvalue weighted by Crippen LogP contribution is -2.25. The summed E-state index contributed by atoms with van der Waals surface area (Å²) in [5.41, 5.74) is 8.18. The van der Waals surface area contributed by atoms with Crippen molar-refractivity contribution < 1.29 is 9.84 Å². The molecule has 0 fully saturated rings. The van der Waals surface area contributed by atoms with Crippen molar-refractivity contribution in [1.82, 2.24) is 0 Å². The van der Waals surface area contributed by atoms with Gasteiger partial charge in [0.2, 0.25) is 0 Å². The highest BCUT2D eigenvalue weighted by atomic mass is 16.5. The summed E-state index contributed by atoms with van der Waals surface area (Å²) in [5, 5.41) is 14.5. The summed E-state index contributed by atoms with van der Waals surface area (Å²) >= 11 is 0.